The smallest absolute Gasteiger partial charge is 0.387 e. The molecule has 0 radical (unpaired) electrons. The first-order valence-corrected chi connectivity index (χ1v) is 7.64. The highest BCUT2D eigenvalue weighted by atomic mass is 79.9. The second kappa shape index (κ2) is 8.25. The number of halogens is 5. The van der Waals surface area contributed by atoms with Crippen molar-refractivity contribution >= 4 is 39.1 Å². The normalized spacial score (nSPS) is 10.6. The van der Waals surface area contributed by atoms with Gasteiger partial charge in [-0.05, 0) is 52.3 Å². The Hall–Kier alpha value is -1.93. The van der Waals surface area contributed by atoms with Crippen molar-refractivity contribution in [3.63, 3.8) is 0 Å². The van der Waals surface area contributed by atoms with Crippen LogP contribution in [-0.2, 0) is 4.79 Å². The third kappa shape index (κ3) is 5.31. The Morgan fingerprint density at radius 1 is 1.21 bits per heavy atom. The molecule has 0 atom stereocenters. The van der Waals surface area contributed by atoms with Gasteiger partial charge >= 0.3 is 6.61 Å². The number of anilines is 1. The molecule has 0 heterocycles. The topological polar surface area (TPSA) is 47.6 Å². The van der Waals surface area contributed by atoms with Gasteiger partial charge in [0.05, 0.1) is 9.50 Å². The maximum Gasteiger partial charge on any atom is 0.387 e. The number of benzene rings is 2. The summed E-state index contributed by atoms with van der Waals surface area (Å²) in [7, 11) is 0. The molecule has 0 spiro atoms. The van der Waals surface area contributed by atoms with Gasteiger partial charge in [-0.2, -0.15) is 8.78 Å². The van der Waals surface area contributed by atoms with Crippen LogP contribution in [0.5, 0.6) is 11.5 Å². The summed E-state index contributed by atoms with van der Waals surface area (Å²) in [6, 6.07) is 7.61. The summed E-state index contributed by atoms with van der Waals surface area (Å²) in [5.41, 5.74) is 0.286. The highest BCUT2D eigenvalue weighted by Crippen LogP contribution is 2.29. The lowest BCUT2D eigenvalue weighted by molar-refractivity contribution is -0.118. The number of ether oxygens (including phenoxy) is 2. The molecule has 2 aromatic rings. The van der Waals surface area contributed by atoms with E-state index in [2.05, 4.69) is 26.0 Å². The van der Waals surface area contributed by atoms with Crippen LogP contribution < -0.4 is 14.8 Å². The van der Waals surface area contributed by atoms with Crippen molar-refractivity contribution in [1.29, 1.82) is 0 Å². The SMILES string of the molecule is O=C(COc1ccc(F)cc1Br)Nc1ccc(OC(F)F)c(Cl)c1. The van der Waals surface area contributed by atoms with Gasteiger partial charge in [-0.1, -0.05) is 11.6 Å². The van der Waals surface area contributed by atoms with E-state index in [1.165, 1.54) is 36.4 Å². The molecule has 2 rings (SSSR count). The van der Waals surface area contributed by atoms with E-state index < -0.39 is 18.3 Å². The highest BCUT2D eigenvalue weighted by molar-refractivity contribution is 9.10. The van der Waals surface area contributed by atoms with Gasteiger partial charge < -0.3 is 14.8 Å². The Kier molecular flexibility index (Phi) is 6.33. The molecule has 0 aliphatic carbocycles. The molecule has 0 aromatic heterocycles. The highest BCUT2D eigenvalue weighted by Gasteiger charge is 2.11. The standard InChI is InChI=1S/C15H10BrClF3NO3/c16-10-5-8(18)1-3-12(10)23-7-14(22)21-9-2-4-13(11(17)6-9)24-15(19)20/h1-6,15H,7H2,(H,21,22). The van der Waals surface area contributed by atoms with E-state index in [1.54, 1.807) is 0 Å². The molecule has 2 aromatic carbocycles. The van der Waals surface area contributed by atoms with Crippen LogP contribution in [-0.4, -0.2) is 19.1 Å². The van der Waals surface area contributed by atoms with Crippen molar-refractivity contribution in [3.8, 4) is 11.5 Å². The van der Waals surface area contributed by atoms with E-state index in [-0.39, 0.29) is 23.1 Å². The lowest BCUT2D eigenvalue weighted by atomic mass is 10.3. The average Bonchev–Trinajstić information content (AvgIpc) is 2.49. The maximum absolute atomic E-state index is 12.9. The Morgan fingerprint density at radius 3 is 2.54 bits per heavy atom. The van der Waals surface area contributed by atoms with Crippen LogP contribution in [0.25, 0.3) is 0 Å². The van der Waals surface area contributed by atoms with Crippen molar-refractivity contribution in [1.82, 2.24) is 0 Å². The first kappa shape index (κ1) is 18.4. The number of nitrogens with one attached hydrogen (secondary N) is 1. The van der Waals surface area contributed by atoms with E-state index in [9.17, 15) is 18.0 Å². The minimum absolute atomic E-state index is 0.0738. The average molecular weight is 425 g/mol. The molecule has 4 nitrogen and oxygen atoms in total. The molecule has 0 unspecified atom stereocenters. The van der Waals surface area contributed by atoms with E-state index in [0.717, 1.165) is 0 Å². The Labute approximate surface area is 148 Å². The van der Waals surface area contributed by atoms with Gasteiger partial charge in [0.15, 0.2) is 6.61 Å². The summed E-state index contributed by atoms with van der Waals surface area (Å²) in [5.74, 6) is -0.856. The van der Waals surface area contributed by atoms with Crippen molar-refractivity contribution < 1.29 is 27.4 Å². The second-order valence-electron chi connectivity index (χ2n) is 4.44. The maximum atomic E-state index is 12.9. The molecule has 128 valence electrons. The molecule has 1 N–H and O–H groups in total. The fourth-order valence-corrected chi connectivity index (χ4v) is 2.39. The summed E-state index contributed by atoms with van der Waals surface area (Å²) in [6.45, 7) is -3.33. The largest absolute Gasteiger partial charge is 0.483 e. The zero-order valence-electron chi connectivity index (χ0n) is 11.9. The van der Waals surface area contributed by atoms with Gasteiger partial charge in [0.25, 0.3) is 5.91 Å². The summed E-state index contributed by atoms with van der Waals surface area (Å²) in [6.07, 6.45) is 0. The van der Waals surface area contributed by atoms with Gasteiger partial charge in [0, 0.05) is 5.69 Å². The number of amides is 1. The fraction of sp³-hybridized carbons (Fsp3) is 0.133. The summed E-state index contributed by atoms with van der Waals surface area (Å²) < 4.78 is 47.0. The third-order valence-electron chi connectivity index (χ3n) is 2.68. The molecule has 0 saturated heterocycles. The molecular formula is C15H10BrClF3NO3. The molecule has 0 bridgehead atoms. The summed E-state index contributed by atoms with van der Waals surface area (Å²) in [5, 5.41) is 2.41. The van der Waals surface area contributed by atoms with Crippen LogP contribution in [0.4, 0.5) is 18.9 Å². The monoisotopic (exact) mass is 423 g/mol. The van der Waals surface area contributed by atoms with Gasteiger partial charge in [-0.3, -0.25) is 4.79 Å². The molecule has 24 heavy (non-hydrogen) atoms. The van der Waals surface area contributed by atoms with E-state index in [1.807, 2.05) is 0 Å². The van der Waals surface area contributed by atoms with Crippen LogP contribution in [0.1, 0.15) is 0 Å². The van der Waals surface area contributed by atoms with Crippen LogP contribution in [0.3, 0.4) is 0 Å². The Balaban J connectivity index is 1.93. The Bertz CT molecular complexity index is 746. The van der Waals surface area contributed by atoms with Crippen molar-refractivity contribution in [2.24, 2.45) is 0 Å². The quantitative estimate of drug-likeness (QED) is 0.720. The van der Waals surface area contributed by atoms with E-state index in [0.29, 0.717) is 10.2 Å². The number of rotatable bonds is 6. The van der Waals surface area contributed by atoms with Crippen LogP contribution in [0.15, 0.2) is 40.9 Å². The van der Waals surface area contributed by atoms with Crippen LogP contribution in [0.2, 0.25) is 5.02 Å². The first-order chi connectivity index (χ1) is 11.3. The summed E-state index contributed by atoms with van der Waals surface area (Å²) >= 11 is 8.89. The van der Waals surface area contributed by atoms with E-state index in [4.69, 9.17) is 16.3 Å². The van der Waals surface area contributed by atoms with Gasteiger partial charge in [0.2, 0.25) is 0 Å². The summed E-state index contributed by atoms with van der Waals surface area (Å²) in [4.78, 5) is 11.8. The lowest BCUT2D eigenvalue weighted by Gasteiger charge is -2.11. The fourth-order valence-electron chi connectivity index (χ4n) is 1.70. The number of carbonyl (C=O) groups is 1. The van der Waals surface area contributed by atoms with Gasteiger partial charge in [-0.15, -0.1) is 0 Å². The zero-order chi connectivity index (χ0) is 17.7. The first-order valence-electron chi connectivity index (χ1n) is 6.47. The predicted molar refractivity (Wildman–Crippen MR) is 86.3 cm³/mol. The van der Waals surface area contributed by atoms with E-state index >= 15 is 0 Å². The minimum Gasteiger partial charge on any atom is -0.483 e. The molecule has 0 aliphatic heterocycles. The van der Waals surface area contributed by atoms with Crippen molar-refractivity contribution in [2.45, 2.75) is 6.61 Å². The Morgan fingerprint density at radius 2 is 1.92 bits per heavy atom. The van der Waals surface area contributed by atoms with Gasteiger partial charge in [-0.25, -0.2) is 4.39 Å². The number of carbonyl (C=O) groups excluding carboxylic acids is 1. The minimum atomic E-state index is -2.99. The molecule has 1 amide bonds. The third-order valence-corrected chi connectivity index (χ3v) is 3.60. The molecule has 0 saturated carbocycles. The van der Waals surface area contributed by atoms with Crippen LogP contribution >= 0.6 is 27.5 Å². The zero-order valence-corrected chi connectivity index (χ0v) is 14.2. The van der Waals surface area contributed by atoms with Gasteiger partial charge in [0.1, 0.15) is 17.3 Å². The molecule has 0 fully saturated rings. The second-order valence-corrected chi connectivity index (χ2v) is 5.70. The molecule has 0 aliphatic rings. The molecular weight excluding hydrogens is 415 g/mol. The molecule has 9 heteroatoms. The number of hydrogen-bond acceptors (Lipinski definition) is 3. The lowest BCUT2D eigenvalue weighted by Crippen LogP contribution is -2.20. The van der Waals surface area contributed by atoms with Crippen molar-refractivity contribution in [3.05, 3.63) is 51.7 Å². The van der Waals surface area contributed by atoms with Crippen LogP contribution in [0, 0.1) is 5.82 Å². The van der Waals surface area contributed by atoms with Crippen molar-refractivity contribution in [2.75, 3.05) is 11.9 Å². The number of hydrogen-bond donors (Lipinski definition) is 1. The predicted octanol–water partition coefficient (Wildman–Crippen LogP) is 4.86. The number of alkyl halides is 2.